The number of fused-ring (bicyclic) bond motifs is 2. The highest BCUT2D eigenvalue weighted by Gasteiger charge is 2.24. The Kier molecular flexibility index (Phi) is 6.95. The van der Waals surface area contributed by atoms with Gasteiger partial charge in [0.05, 0.1) is 34.0 Å². The fourth-order valence-electron chi connectivity index (χ4n) is 5.03. The summed E-state index contributed by atoms with van der Waals surface area (Å²) < 4.78 is 9.00. The number of aliphatic carboxylic acids is 1. The zero-order chi connectivity index (χ0) is 29.8. The summed E-state index contributed by atoms with van der Waals surface area (Å²) >= 11 is 7.90. The summed E-state index contributed by atoms with van der Waals surface area (Å²) in [6, 6.07) is 13.4. The van der Waals surface area contributed by atoms with Crippen molar-refractivity contribution in [1.29, 1.82) is 0 Å². The van der Waals surface area contributed by atoms with Crippen molar-refractivity contribution in [3.05, 3.63) is 77.2 Å². The van der Waals surface area contributed by atoms with Gasteiger partial charge in [-0.15, -0.1) is 11.3 Å². The number of carboxylic acids is 1. The fraction of sp³-hybridized carbons (Fsp3) is 0.219. The van der Waals surface area contributed by atoms with Gasteiger partial charge in [-0.2, -0.15) is 5.10 Å². The number of aryl methyl sites for hydroxylation is 2. The predicted octanol–water partition coefficient (Wildman–Crippen LogP) is 7.74. The van der Waals surface area contributed by atoms with E-state index in [4.69, 9.17) is 21.3 Å². The lowest BCUT2D eigenvalue weighted by Gasteiger charge is -2.24. The number of hydrogen-bond acceptors (Lipinski definition) is 7. The summed E-state index contributed by atoms with van der Waals surface area (Å²) in [5, 5.41) is 15.5. The van der Waals surface area contributed by atoms with Crippen molar-refractivity contribution in [2.75, 3.05) is 0 Å². The van der Waals surface area contributed by atoms with Gasteiger partial charge in [0, 0.05) is 46.7 Å². The number of aromatic nitrogens is 5. The van der Waals surface area contributed by atoms with Crippen LogP contribution in [0.15, 0.2) is 61.1 Å². The molecule has 2 aromatic carbocycles. The average Bonchev–Trinajstić information content (AvgIpc) is 3.52. The maximum Gasteiger partial charge on any atom is 0.307 e. The van der Waals surface area contributed by atoms with Crippen molar-refractivity contribution in [2.24, 2.45) is 7.05 Å². The van der Waals surface area contributed by atoms with Crippen LogP contribution in [0.3, 0.4) is 0 Å². The molecule has 0 unspecified atom stereocenters. The molecule has 8 nitrogen and oxygen atoms in total. The van der Waals surface area contributed by atoms with Crippen molar-refractivity contribution >= 4 is 50.2 Å². The first-order valence-corrected chi connectivity index (χ1v) is 14.5. The van der Waals surface area contributed by atoms with Gasteiger partial charge >= 0.3 is 5.97 Å². The van der Waals surface area contributed by atoms with E-state index in [1.807, 2.05) is 65.1 Å². The molecule has 212 valence electrons. The van der Waals surface area contributed by atoms with Gasteiger partial charge in [0.2, 0.25) is 0 Å². The molecule has 0 radical (unpaired) electrons. The zero-order valence-electron chi connectivity index (χ0n) is 23.8. The van der Waals surface area contributed by atoms with E-state index in [1.54, 1.807) is 35.4 Å². The Morgan fingerprint density at radius 1 is 1.05 bits per heavy atom. The van der Waals surface area contributed by atoms with Crippen LogP contribution >= 0.6 is 22.9 Å². The summed E-state index contributed by atoms with van der Waals surface area (Å²) in [6.07, 6.45) is 5.16. The Hall–Kier alpha value is -4.34. The van der Waals surface area contributed by atoms with Crippen molar-refractivity contribution in [2.45, 2.75) is 39.7 Å². The standard InChI is InChI=1S/C32H28ClN5O3S/c1-17-10-24-30(29(22(17)14-28(39)40)21-7-6-20(33)13-27(21)41-32(2,3)4)42-31(37-24)18-8-9-34-23(11-18)19-12-26-25(35-15-19)16-36-38(26)5/h6-13,15-16H,14H2,1-5H3,(H,39,40). The summed E-state index contributed by atoms with van der Waals surface area (Å²) in [5.74, 6) is -0.318. The van der Waals surface area contributed by atoms with E-state index in [2.05, 4.69) is 15.1 Å². The molecule has 0 aliphatic heterocycles. The maximum absolute atomic E-state index is 12.0. The van der Waals surface area contributed by atoms with Crippen LogP contribution in [0.4, 0.5) is 0 Å². The minimum absolute atomic E-state index is 0.134. The number of rotatable bonds is 6. The third kappa shape index (κ3) is 5.33. The van der Waals surface area contributed by atoms with Gasteiger partial charge in [-0.25, -0.2) is 4.98 Å². The molecular weight excluding hydrogens is 570 g/mol. The van der Waals surface area contributed by atoms with Crippen LogP contribution in [0.1, 0.15) is 31.9 Å². The minimum Gasteiger partial charge on any atom is -0.487 e. The Labute approximate surface area is 251 Å². The van der Waals surface area contributed by atoms with Crippen LogP contribution in [0, 0.1) is 6.92 Å². The highest BCUT2D eigenvalue weighted by atomic mass is 35.5. The summed E-state index contributed by atoms with van der Waals surface area (Å²) in [7, 11) is 1.88. The van der Waals surface area contributed by atoms with Gasteiger partial charge in [0.25, 0.3) is 0 Å². The summed E-state index contributed by atoms with van der Waals surface area (Å²) in [6.45, 7) is 7.83. The molecule has 10 heteroatoms. The molecule has 0 bridgehead atoms. The van der Waals surface area contributed by atoms with E-state index < -0.39 is 11.6 Å². The van der Waals surface area contributed by atoms with E-state index in [1.165, 1.54) is 11.3 Å². The first-order valence-electron chi connectivity index (χ1n) is 13.3. The fourth-order valence-corrected chi connectivity index (χ4v) is 6.32. The molecule has 0 aliphatic rings. The Morgan fingerprint density at radius 2 is 1.86 bits per heavy atom. The number of benzene rings is 2. The second kappa shape index (κ2) is 10.5. The molecule has 0 fully saturated rings. The first kappa shape index (κ1) is 27.8. The number of carboxylic acid groups (broad SMARTS) is 1. The highest BCUT2D eigenvalue weighted by molar-refractivity contribution is 7.22. The highest BCUT2D eigenvalue weighted by Crippen LogP contribution is 2.45. The van der Waals surface area contributed by atoms with Crippen LogP contribution in [-0.4, -0.2) is 41.4 Å². The lowest BCUT2D eigenvalue weighted by atomic mass is 9.92. The van der Waals surface area contributed by atoms with Crippen molar-refractivity contribution in [1.82, 2.24) is 24.7 Å². The molecule has 0 spiro atoms. The zero-order valence-corrected chi connectivity index (χ0v) is 25.3. The third-order valence-corrected chi connectivity index (χ3v) is 8.24. The monoisotopic (exact) mass is 597 g/mol. The van der Waals surface area contributed by atoms with Crippen molar-refractivity contribution < 1.29 is 14.6 Å². The molecule has 0 atom stereocenters. The van der Waals surface area contributed by atoms with E-state index in [9.17, 15) is 9.90 Å². The molecule has 0 aliphatic carbocycles. The Bertz CT molecular complexity index is 2010. The molecule has 1 N–H and O–H groups in total. The quantitative estimate of drug-likeness (QED) is 0.209. The predicted molar refractivity (Wildman–Crippen MR) is 167 cm³/mol. The van der Waals surface area contributed by atoms with E-state index in [0.717, 1.165) is 65.3 Å². The van der Waals surface area contributed by atoms with Gasteiger partial charge in [0.1, 0.15) is 21.9 Å². The number of ether oxygens (including phenoxy) is 1. The largest absolute Gasteiger partial charge is 0.487 e. The van der Waals surface area contributed by atoms with E-state index >= 15 is 0 Å². The number of halogens is 1. The topological polar surface area (TPSA) is 103 Å². The third-order valence-electron chi connectivity index (χ3n) is 6.87. The number of pyridine rings is 2. The number of hydrogen-bond donors (Lipinski definition) is 1. The Morgan fingerprint density at radius 3 is 2.62 bits per heavy atom. The normalized spacial score (nSPS) is 11.9. The molecule has 0 amide bonds. The minimum atomic E-state index is -0.909. The molecule has 6 aromatic rings. The molecule has 4 heterocycles. The molecule has 42 heavy (non-hydrogen) atoms. The molecule has 4 aromatic heterocycles. The van der Waals surface area contributed by atoms with Crippen LogP contribution in [0.5, 0.6) is 5.75 Å². The molecule has 0 saturated heterocycles. The Balaban J connectivity index is 1.54. The van der Waals surface area contributed by atoms with Gasteiger partial charge in [-0.3, -0.25) is 19.4 Å². The number of thiazole rings is 1. The SMILES string of the molecule is Cc1cc2nc(-c3ccnc(-c4cnc5cnn(C)c5c4)c3)sc2c(-c2ccc(Cl)cc2OC(C)(C)C)c1CC(=O)O. The summed E-state index contributed by atoms with van der Waals surface area (Å²) in [5.41, 5.74) is 7.71. The lowest BCUT2D eigenvalue weighted by Crippen LogP contribution is -2.23. The molecular formula is C32H28ClN5O3S. The van der Waals surface area contributed by atoms with E-state index in [-0.39, 0.29) is 6.42 Å². The van der Waals surface area contributed by atoms with Crippen LogP contribution in [0.25, 0.3) is 54.2 Å². The van der Waals surface area contributed by atoms with Gasteiger partial charge < -0.3 is 9.84 Å². The average molecular weight is 598 g/mol. The number of nitrogens with zero attached hydrogens (tertiary/aromatic N) is 5. The van der Waals surface area contributed by atoms with Crippen LogP contribution in [0.2, 0.25) is 5.02 Å². The second-order valence-corrected chi connectivity index (χ2v) is 12.6. The van der Waals surface area contributed by atoms with Crippen LogP contribution < -0.4 is 4.74 Å². The lowest BCUT2D eigenvalue weighted by molar-refractivity contribution is -0.136. The van der Waals surface area contributed by atoms with Gasteiger partial charge in [0.15, 0.2) is 0 Å². The molecule has 0 saturated carbocycles. The van der Waals surface area contributed by atoms with Gasteiger partial charge in [-0.1, -0.05) is 11.6 Å². The van der Waals surface area contributed by atoms with Crippen LogP contribution in [-0.2, 0) is 18.3 Å². The second-order valence-electron chi connectivity index (χ2n) is 11.2. The maximum atomic E-state index is 12.0. The smallest absolute Gasteiger partial charge is 0.307 e. The molecule has 6 rings (SSSR count). The summed E-state index contributed by atoms with van der Waals surface area (Å²) in [4.78, 5) is 26.2. The van der Waals surface area contributed by atoms with Gasteiger partial charge in [-0.05, 0) is 81.3 Å². The van der Waals surface area contributed by atoms with Crippen molar-refractivity contribution in [3.8, 4) is 38.7 Å². The van der Waals surface area contributed by atoms with E-state index in [0.29, 0.717) is 10.8 Å². The number of carbonyl (C=O) groups is 1. The first-order chi connectivity index (χ1) is 20.0. The van der Waals surface area contributed by atoms with Crippen molar-refractivity contribution in [3.63, 3.8) is 0 Å².